The summed E-state index contributed by atoms with van der Waals surface area (Å²) >= 11 is 0. The van der Waals surface area contributed by atoms with E-state index in [0.29, 0.717) is 33.6 Å². The molecule has 2 aromatic carbocycles. The number of halogens is 4. The molecule has 1 aliphatic rings. The maximum atomic E-state index is 15.2. The van der Waals surface area contributed by atoms with Gasteiger partial charge in [-0.2, -0.15) is 13.2 Å². The highest BCUT2D eigenvalue weighted by atomic mass is 19.4. The van der Waals surface area contributed by atoms with E-state index in [9.17, 15) is 22.8 Å². The van der Waals surface area contributed by atoms with Crippen LogP contribution in [0.4, 0.5) is 33.7 Å². The lowest BCUT2D eigenvalue weighted by Gasteiger charge is -2.36. The van der Waals surface area contributed by atoms with Crippen molar-refractivity contribution in [2.24, 2.45) is 0 Å². The van der Waals surface area contributed by atoms with Crippen molar-refractivity contribution in [1.29, 1.82) is 0 Å². The second kappa shape index (κ2) is 13.6. The van der Waals surface area contributed by atoms with Crippen LogP contribution in [0, 0.1) is 11.8 Å². The van der Waals surface area contributed by atoms with E-state index in [1.807, 2.05) is 0 Å². The second-order valence-corrected chi connectivity index (χ2v) is 11.6. The number of carbonyl (C=O) groups is 2. The zero-order valence-electron chi connectivity index (χ0n) is 25.8. The summed E-state index contributed by atoms with van der Waals surface area (Å²) in [5.74, 6) is 5.82. The van der Waals surface area contributed by atoms with Crippen LogP contribution in [0.5, 0.6) is 5.75 Å². The Morgan fingerprint density at radius 3 is 2.49 bits per heavy atom. The van der Waals surface area contributed by atoms with Gasteiger partial charge in [-0.05, 0) is 69.5 Å². The van der Waals surface area contributed by atoms with Gasteiger partial charge < -0.3 is 34.9 Å². The summed E-state index contributed by atoms with van der Waals surface area (Å²) in [5.41, 5.74) is 1.15. The molecule has 1 saturated heterocycles. The summed E-state index contributed by atoms with van der Waals surface area (Å²) < 4.78 is 67.9. The van der Waals surface area contributed by atoms with Gasteiger partial charge in [-0.1, -0.05) is 12.0 Å². The Kier molecular flexibility index (Phi) is 10.1. The van der Waals surface area contributed by atoms with Crippen molar-refractivity contribution < 1.29 is 36.6 Å². The van der Waals surface area contributed by atoms with Crippen LogP contribution in [0.3, 0.4) is 0 Å². The predicted octanol–water partition coefficient (Wildman–Crippen LogP) is 5.79. The van der Waals surface area contributed by atoms with Crippen LogP contribution in [-0.2, 0) is 11.3 Å². The molecule has 2 atom stereocenters. The lowest BCUT2D eigenvalue weighted by Crippen LogP contribution is -2.51. The average molecular weight is 632 g/mol. The zero-order valence-corrected chi connectivity index (χ0v) is 25.8. The van der Waals surface area contributed by atoms with Crippen molar-refractivity contribution in [3.05, 3.63) is 53.7 Å². The van der Waals surface area contributed by atoms with Gasteiger partial charge >= 0.3 is 12.3 Å². The number of amides is 2. The highest BCUT2D eigenvalue weighted by molar-refractivity contribution is 5.95. The van der Waals surface area contributed by atoms with Crippen molar-refractivity contribution >= 4 is 34.3 Å². The molecular formula is C32H37F4N5O4. The molecule has 2 amide bonds. The van der Waals surface area contributed by atoms with Crippen LogP contribution >= 0.6 is 0 Å². The van der Waals surface area contributed by atoms with Crippen molar-refractivity contribution in [3.8, 4) is 17.6 Å². The fourth-order valence-corrected chi connectivity index (χ4v) is 5.02. The quantitative estimate of drug-likeness (QED) is 0.226. The number of carbonyl (C=O) groups excluding carboxylic acids is 2. The first kappa shape index (κ1) is 33.3. The SMILES string of the molecule is CNC(=O)c1ccc(NCC#Cc2cc3c(NC4CCN(C(=O)OC(C)(C)C)CC4F)cccc3n2CC(F)(F)F)c(OC)c1. The van der Waals surface area contributed by atoms with Gasteiger partial charge in [0.25, 0.3) is 5.91 Å². The third-order valence-corrected chi connectivity index (χ3v) is 7.09. The van der Waals surface area contributed by atoms with Gasteiger partial charge in [0.15, 0.2) is 0 Å². The first-order chi connectivity index (χ1) is 21.2. The highest BCUT2D eigenvalue weighted by Crippen LogP contribution is 2.32. The van der Waals surface area contributed by atoms with Gasteiger partial charge in [0.2, 0.25) is 0 Å². The molecule has 0 bridgehead atoms. The van der Waals surface area contributed by atoms with Crippen molar-refractivity contribution in [2.75, 3.05) is 44.4 Å². The topological polar surface area (TPSA) is 96.9 Å². The van der Waals surface area contributed by atoms with Gasteiger partial charge in [-0.15, -0.1) is 0 Å². The molecule has 0 radical (unpaired) electrons. The number of alkyl halides is 4. The first-order valence-corrected chi connectivity index (χ1v) is 14.4. The monoisotopic (exact) mass is 631 g/mol. The number of nitrogens with one attached hydrogen (secondary N) is 3. The molecule has 1 fully saturated rings. The smallest absolute Gasteiger partial charge is 0.410 e. The standard InChI is InChI=1S/C32H37F4N5O4/c1-31(2,3)45-30(43)40-15-13-25(23(33)18-40)39-24-9-6-10-27-22(24)17-21(41(27)19-32(34,35)36)8-7-14-38-26-12-11-20(29(42)37-4)16-28(26)44-5/h6,9-12,16-17,23,25,38-39H,13-15,18-19H2,1-5H3,(H,37,42). The lowest BCUT2D eigenvalue weighted by atomic mass is 10.0. The number of hydrogen-bond donors (Lipinski definition) is 3. The lowest BCUT2D eigenvalue weighted by molar-refractivity contribution is -0.140. The number of aromatic nitrogens is 1. The zero-order chi connectivity index (χ0) is 32.9. The molecule has 1 aromatic heterocycles. The summed E-state index contributed by atoms with van der Waals surface area (Å²) in [6, 6.07) is 10.6. The normalized spacial score (nSPS) is 16.9. The van der Waals surface area contributed by atoms with Gasteiger partial charge in [-0.3, -0.25) is 4.79 Å². The van der Waals surface area contributed by atoms with Crippen LogP contribution in [0.15, 0.2) is 42.5 Å². The van der Waals surface area contributed by atoms with Crippen LogP contribution in [0.1, 0.15) is 43.2 Å². The third kappa shape index (κ3) is 8.53. The van der Waals surface area contributed by atoms with E-state index in [1.165, 1.54) is 19.1 Å². The van der Waals surface area contributed by atoms with E-state index in [2.05, 4.69) is 27.8 Å². The molecule has 9 nitrogen and oxygen atoms in total. The Morgan fingerprint density at radius 2 is 1.84 bits per heavy atom. The van der Waals surface area contributed by atoms with E-state index < -0.39 is 36.6 Å². The number of rotatable bonds is 7. The summed E-state index contributed by atoms with van der Waals surface area (Å²) in [6.45, 7) is 4.12. The number of benzene rings is 2. The Morgan fingerprint density at radius 1 is 1.09 bits per heavy atom. The maximum Gasteiger partial charge on any atom is 0.410 e. The Bertz CT molecular complexity index is 1600. The molecule has 2 heterocycles. The van der Waals surface area contributed by atoms with Gasteiger partial charge in [0.05, 0.1) is 43.1 Å². The summed E-state index contributed by atoms with van der Waals surface area (Å²) in [4.78, 5) is 25.6. The van der Waals surface area contributed by atoms with Gasteiger partial charge in [0.1, 0.15) is 24.1 Å². The first-order valence-electron chi connectivity index (χ1n) is 14.4. The molecule has 0 aliphatic carbocycles. The predicted molar refractivity (Wildman–Crippen MR) is 164 cm³/mol. The number of nitrogens with zero attached hydrogens (tertiary/aromatic N) is 2. The largest absolute Gasteiger partial charge is 0.495 e. The number of piperidine rings is 1. The molecule has 45 heavy (non-hydrogen) atoms. The highest BCUT2D eigenvalue weighted by Gasteiger charge is 2.34. The van der Waals surface area contributed by atoms with Crippen LogP contribution in [-0.4, -0.2) is 79.3 Å². The minimum atomic E-state index is -4.51. The van der Waals surface area contributed by atoms with Crippen molar-refractivity contribution in [2.45, 2.75) is 57.7 Å². The number of likely N-dealkylation sites (tertiary alicyclic amines) is 1. The molecule has 3 aromatic rings. The fourth-order valence-electron chi connectivity index (χ4n) is 5.02. The summed E-state index contributed by atoms with van der Waals surface area (Å²) in [6.07, 6.45) is -6.24. The van der Waals surface area contributed by atoms with Crippen LogP contribution in [0.25, 0.3) is 10.9 Å². The van der Waals surface area contributed by atoms with E-state index in [4.69, 9.17) is 9.47 Å². The van der Waals surface area contributed by atoms with Gasteiger partial charge in [-0.25, -0.2) is 9.18 Å². The molecule has 4 rings (SSSR count). The third-order valence-electron chi connectivity index (χ3n) is 7.09. The second-order valence-electron chi connectivity index (χ2n) is 11.6. The fraction of sp³-hybridized carbons (Fsp3) is 0.438. The minimum absolute atomic E-state index is 0.0775. The van der Waals surface area contributed by atoms with E-state index in [1.54, 1.807) is 63.2 Å². The van der Waals surface area contributed by atoms with E-state index in [-0.39, 0.29) is 37.7 Å². The van der Waals surface area contributed by atoms with Gasteiger partial charge in [0, 0.05) is 30.2 Å². The summed E-state index contributed by atoms with van der Waals surface area (Å²) in [5, 5.41) is 9.21. The molecule has 2 unspecified atom stereocenters. The molecule has 242 valence electrons. The molecule has 0 spiro atoms. The molecule has 0 saturated carbocycles. The number of hydrogen-bond acceptors (Lipinski definition) is 6. The number of ether oxygens (including phenoxy) is 2. The minimum Gasteiger partial charge on any atom is -0.495 e. The van der Waals surface area contributed by atoms with E-state index >= 15 is 4.39 Å². The Balaban J connectivity index is 1.54. The summed E-state index contributed by atoms with van der Waals surface area (Å²) in [7, 11) is 2.97. The molecular weight excluding hydrogens is 594 g/mol. The maximum absolute atomic E-state index is 15.2. The van der Waals surface area contributed by atoms with Crippen LogP contribution < -0.4 is 20.7 Å². The Hall–Kier alpha value is -4.60. The number of anilines is 2. The van der Waals surface area contributed by atoms with Crippen molar-refractivity contribution in [3.63, 3.8) is 0 Å². The molecule has 3 N–H and O–H groups in total. The van der Waals surface area contributed by atoms with Crippen molar-refractivity contribution in [1.82, 2.24) is 14.8 Å². The number of fused-ring (bicyclic) bond motifs is 1. The molecule has 1 aliphatic heterocycles. The van der Waals surface area contributed by atoms with E-state index in [0.717, 1.165) is 4.57 Å². The van der Waals surface area contributed by atoms with Crippen LogP contribution in [0.2, 0.25) is 0 Å². The molecule has 13 heteroatoms. The average Bonchev–Trinajstić information content (AvgIpc) is 3.31. The Labute approximate surface area is 259 Å². The number of methoxy groups -OCH3 is 1.